The molecule has 1 N–H and O–H groups in total. The third kappa shape index (κ3) is 7.86. The maximum atomic E-state index is 12.6. The van der Waals surface area contributed by atoms with Gasteiger partial charge in [0.15, 0.2) is 0 Å². The van der Waals surface area contributed by atoms with Crippen molar-refractivity contribution >= 4 is 39.1 Å². The Morgan fingerprint density at radius 1 is 1.03 bits per heavy atom. The highest BCUT2D eigenvalue weighted by Gasteiger charge is 2.31. The average Bonchev–Trinajstić information content (AvgIpc) is 3.13. The van der Waals surface area contributed by atoms with Crippen LogP contribution in [0.25, 0.3) is 22.2 Å². The van der Waals surface area contributed by atoms with Crippen LogP contribution in [0.4, 0.5) is 22.8 Å². The molecular weight excluding hydrogens is 571 g/mol. The molecule has 3 aromatic rings. The van der Waals surface area contributed by atoms with E-state index < -0.39 is 29.8 Å². The lowest BCUT2D eigenvalue weighted by molar-refractivity contribution is -0.274. The Bertz CT molecular complexity index is 1330. The lowest BCUT2D eigenvalue weighted by Crippen LogP contribution is -2.40. The van der Waals surface area contributed by atoms with Crippen molar-refractivity contribution in [3.63, 3.8) is 0 Å². The zero-order valence-electron chi connectivity index (χ0n) is 21.8. The van der Waals surface area contributed by atoms with E-state index in [1.165, 1.54) is 12.1 Å². The molecule has 206 valence electrons. The monoisotopic (exact) mass is 599 g/mol. The molecule has 12 heteroatoms. The van der Waals surface area contributed by atoms with Gasteiger partial charge in [0, 0.05) is 17.1 Å². The van der Waals surface area contributed by atoms with Crippen LogP contribution in [-0.4, -0.2) is 39.3 Å². The van der Waals surface area contributed by atoms with Gasteiger partial charge in [-0.05, 0) is 92.7 Å². The molecule has 0 atom stereocenters. The number of aryl methyl sites for hydroxylation is 2. The summed E-state index contributed by atoms with van der Waals surface area (Å²) in [5.41, 5.74) is 2.05. The van der Waals surface area contributed by atoms with Gasteiger partial charge in [-0.3, -0.25) is 0 Å². The Morgan fingerprint density at radius 3 is 2.21 bits per heavy atom. The predicted octanol–water partition coefficient (Wildman–Crippen LogP) is 7.27. The second kappa shape index (κ2) is 10.8. The average molecular weight is 600 g/mol. The quantitative estimate of drug-likeness (QED) is 0.320. The van der Waals surface area contributed by atoms with Crippen molar-refractivity contribution in [2.24, 2.45) is 7.05 Å². The van der Waals surface area contributed by atoms with E-state index in [1.807, 2.05) is 17.7 Å². The summed E-state index contributed by atoms with van der Waals surface area (Å²) in [6.07, 6.45) is -4.10. The molecule has 0 aliphatic heterocycles. The van der Waals surface area contributed by atoms with Crippen LogP contribution in [0.15, 0.2) is 41.1 Å². The van der Waals surface area contributed by atoms with Gasteiger partial charge in [-0.25, -0.2) is 19.9 Å². The van der Waals surface area contributed by atoms with E-state index in [1.54, 1.807) is 53.1 Å². The van der Waals surface area contributed by atoms with Crippen molar-refractivity contribution in [1.29, 1.82) is 0 Å². The van der Waals surface area contributed by atoms with Crippen molar-refractivity contribution in [2.75, 3.05) is 0 Å². The SMILES string of the molecule is Cn1cnc2c(Br)c(CCC(C)(C)OC(=O)NC(=O)OC(C)(C)C)cc(-c3ccc(OC(F)(F)F)cc3)c21. The number of carbonyl (C=O) groups excluding carboxylic acids is 2. The molecule has 2 aromatic carbocycles. The number of hydrogen-bond donors (Lipinski definition) is 1. The summed E-state index contributed by atoms with van der Waals surface area (Å²) < 4.78 is 54.8. The molecule has 0 spiro atoms. The molecule has 0 saturated carbocycles. The molecule has 38 heavy (non-hydrogen) atoms. The van der Waals surface area contributed by atoms with Crippen LogP contribution < -0.4 is 10.1 Å². The molecule has 0 aliphatic rings. The molecule has 2 amide bonds. The molecule has 8 nitrogen and oxygen atoms in total. The first-order valence-corrected chi connectivity index (χ1v) is 12.4. The number of halogens is 4. The summed E-state index contributed by atoms with van der Waals surface area (Å²) in [5, 5.41) is 2.05. The van der Waals surface area contributed by atoms with E-state index >= 15 is 0 Å². The number of nitrogens with zero attached hydrogens (tertiary/aromatic N) is 2. The fraction of sp³-hybridized carbons (Fsp3) is 0.423. The molecule has 3 rings (SSSR count). The number of alkyl carbamates (subject to hydrolysis) is 2. The Morgan fingerprint density at radius 2 is 1.63 bits per heavy atom. The smallest absolute Gasteiger partial charge is 0.443 e. The minimum atomic E-state index is -4.78. The maximum absolute atomic E-state index is 12.6. The Hall–Kier alpha value is -3.28. The second-order valence-electron chi connectivity index (χ2n) is 10.3. The van der Waals surface area contributed by atoms with Crippen LogP contribution in [-0.2, 0) is 22.9 Å². The number of imidazole rings is 1. The van der Waals surface area contributed by atoms with Gasteiger partial charge in [0.25, 0.3) is 0 Å². The first-order valence-electron chi connectivity index (χ1n) is 11.7. The van der Waals surface area contributed by atoms with E-state index in [9.17, 15) is 22.8 Å². The number of hydrogen-bond acceptors (Lipinski definition) is 6. The van der Waals surface area contributed by atoms with Crippen molar-refractivity contribution in [1.82, 2.24) is 14.9 Å². The van der Waals surface area contributed by atoms with E-state index in [2.05, 4.69) is 31.0 Å². The van der Waals surface area contributed by atoms with Gasteiger partial charge >= 0.3 is 18.5 Å². The summed E-state index contributed by atoms with van der Waals surface area (Å²) in [7, 11) is 1.83. The highest BCUT2D eigenvalue weighted by atomic mass is 79.9. The van der Waals surface area contributed by atoms with Crippen LogP contribution in [0.1, 0.15) is 46.6 Å². The number of alkyl halides is 3. The maximum Gasteiger partial charge on any atom is 0.573 e. The number of amides is 2. The second-order valence-corrected chi connectivity index (χ2v) is 11.1. The molecule has 0 saturated heterocycles. The molecule has 0 unspecified atom stereocenters. The van der Waals surface area contributed by atoms with Crippen LogP contribution in [0.3, 0.4) is 0 Å². The molecule has 1 heterocycles. The Balaban J connectivity index is 1.81. The topological polar surface area (TPSA) is 91.7 Å². The minimum absolute atomic E-state index is 0.316. The van der Waals surface area contributed by atoms with Gasteiger partial charge in [-0.1, -0.05) is 12.1 Å². The number of fused-ring (bicyclic) bond motifs is 1. The zero-order valence-corrected chi connectivity index (χ0v) is 23.4. The fourth-order valence-electron chi connectivity index (χ4n) is 3.75. The van der Waals surface area contributed by atoms with Crippen LogP contribution in [0.5, 0.6) is 5.75 Å². The number of imide groups is 1. The Labute approximate surface area is 226 Å². The number of benzene rings is 2. The summed E-state index contributed by atoms with van der Waals surface area (Å²) in [6, 6.07) is 7.54. The number of nitrogens with one attached hydrogen (secondary N) is 1. The number of rotatable bonds is 6. The first kappa shape index (κ1) is 29.3. The molecule has 1 aromatic heterocycles. The van der Waals surface area contributed by atoms with E-state index in [4.69, 9.17) is 9.47 Å². The predicted molar refractivity (Wildman–Crippen MR) is 139 cm³/mol. The summed E-state index contributed by atoms with van der Waals surface area (Å²) in [5.74, 6) is -0.316. The summed E-state index contributed by atoms with van der Waals surface area (Å²) in [6.45, 7) is 8.47. The number of aromatic nitrogens is 2. The van der Waals surface area contributed by atoms with Crippen LogP contribution in [0, 0.1) is 0 Å². The van der Waals surface area contributed by atoms with E-state index in [-0.39, 0.29) is 5.75 Å². The third-order valence-corrected chi connectivity index (χ3v) is 6.25. The van der Waals surface area contributed by atoms with Gasteiger partial charge < -0.3 is 18.8 Å². The van der Waals surface area contributed by atoms with Gasteiger partial charge in [0.05, 0.1) is 11.8 Å². The summed E-state index contributed by atoms with van der Waals surface area (Å²) >= 11 is 3.62. The molecule has 0 fully saturated rings. The third-order valence-electron chi connectivity index (χ3n) is 5.37. The van der Waals surface area contributed by atoms with Crippen molar-refractivity contribution in [2.45, 2.75) is 65.0 Å². The molecule has 0 bridgehead atoms. The summed E-state index contributed by atoms with van der Waals surface area (Å²) in [4.78, 5) is 28.6. The van der Waals surface area contributed by atoms with Gasteiger partial charge in [0.1, 0.15) is 22.5 Å². The molecular formula is C26H29BrF3N3O5. The highest BCUT2D eigenvalue weighted by molar-refractivity contribution is 9.10. The lowest BCUT2D eigenvalue weighted by atomic mass is 9.95. The van der Waals surface area contributed by atoms with E-state index in [0.717, 1.165) is 21.1 Å². The van der Waals surface area contributed by atoms with Crippen LogP contribution in [0.2, 0.25) is 0 Å². The van der Waals surface area contributed by atoms with Gasteiger partial charge in [-0.15, -0.1) is 13.2 Å². The largest absolute Gasteiger partial charge is 0.573 e. The number of carbonyl (C=O) groups is 2. The normalized spacial score (nSPS) is 12.4. The number of ether oxygens (including phenoxy) is 3. The molecule has 0 radical (unpaired) electrons. The van der Waals surface area contributed by atoms with Crippen molar-refractivity contribution < 1.29 is 37.0 Å². The first-order chi connectivity index (χ1) is 17.4. The molecule has 0 aliphatic carbocycles. The van der Waals surface area contributed by atoms with Crippen molar-refractivity contribution in [3.05, 3.63) is 46.7 Å². The standard InChI is InChI=1S/C26H29BrF3N3O5/c1-24(2,3)37-22(34)32-23(35)38-25(4,5)12-11-16-13-18(21-20(19(16)27)31-14-33(21)6)15-7-9-17(10-8-15)36-26(28,29)30/h7-10,13-14H,11-12H2,1-6H3,(H,32,34,35). The van der Waals surface area contributed by atoms with Crippen molar-refractivity contribution in [3.8, 4) is 16.9 Å². The van der Waals surface area contributed by atoms with E-state index in [0.29, 0.717) is 23.9 Å². The van der Waals surface area contributed by atoms with Gasteiger partial charge in [-0.2, -0.15) is 0 Å². The van der Waals surface area contributed by atoms with Crippen LogP contribution >= 0.6 is 15.9 Å². The lowest BCUT2D eigenvalue weighted by Gasteiger charge is -2.26. The van der Waals surface area contributed by atoms with Gasteiger partial charge in [0.2, 0.25) is 0 Å². The Kier molecular flexibility index (Phi) is 8.35. The fourth-order valence-corrected chi connectivity index (χ4v) is 4.36. The highest BCUT2D eigenvalue weighted by Crippen LogP contribution is 2.37. The zero-order chi connectivity index (χ0) is 28.5. The minimum Gasteiger partial charge on any atom is -0.443 e.